The lowest BCUT2D eigenvalue weighted by molar-refractivity contribution is 0.590. The minimum atomic E-state index is -0.896. The summed E-state index contributed by atoms with van der Waals surface area (Å²) in [6.07, 6.45) is 0. The van der Waals surface area contributed by atoms with Crippen LogP contribution in [0.25, 0.3) is 66.1 Å². The summed E-state index contributed by atoms with van der Waals surface area (Å²) in [6.45, 7) is 20.5. The van der Waals surface area contributed by atoms with Crippen molar-refractivity contribution < 1.29 is 8.83 Å². The molecule has 0 atom stereocenters. The van der Waals surface area contributed by atoms with Crippen LogP contribution in [0.1, 0.15) is 101 Å². The Labute approximate surface area is 487 Å². The monoisotopic (exact) mass is 1080 g/mol. The van der Waals surface area contributed by atoms with E-state index in [1.165, 1.54) is 22.3 Å². The van der Waals surface area contributed by atoms with Crippen LogP contribution in [0.15, 0.2) is 258 Å². The van der Waals surface area contributed by atoms with Gasteiger partial charge in [0, 0.05) is 50.0 Å². The summed E-state index contributed by atoms with van der Waals surface area (Å²) in [5.74, 6) is 0. The van der Waals surface area contributed by atoms with Crippen LogP contribution in [0.2, 0.25) is 0 Å². The van der Waals surface area contributed by atoms with Crippen LogP contribution in [0, 0.1) is 0 Å². The molecule has 0 N–H and O–H groups in total. The van der Waals surface area contributed by atoms with E-state index in [-0.39, 0.29) is 16.2 Å². The first-order valence-corrected chi connectivity index (χ1v) is 29.2. The molecule has 0 spiro atoms. The lowest BCUT2D eigenvalue weighted by atomic mass is 9.67. The molecule has 83 heavy (non-hydrogen) atoms. The molecule has 4 nitrogen and oxygen atoms in total. The molecule has 0 saturated heterocycles. The molecule has 0 saturated carbocycles. The van der Waals surface area contributed by atoms with E-state index in [2.05, 4.69) is 321 Å². The number of fused-ring (bicyclic) bond motifs is 11. The van der Waals surface area contributed by atoms with E-state index in [0.29, 0.717) is 0 Å². The van der Waals surface area contributed by atoms with Gasteiger partial charge in [-0.3, -0.25) is 0 Å². The van der Waals surface area contributed by atoms with Gasteiger partial charge in [-0.15, -0.1) is 0 Å². The highest BCUT2D eigenvalue weighted by atomic mass is 16.3. The predicted molar refractivity (Wildman–Crippen MR) is 349 cm³/mol. The van der Waals surface area contributed by atoms with E-state index in [0.717, 1.165) is 117 Å². The first-order valence-electron chi connectivity index (χ1n) is 29.2. The van der Waals surface area contributed by atoms with E-state index >= 15 is 0 Å². The van der Waals surface area contributed by atoms with Crippen LogP contribution in [0.5, 0.6) is 0 Å². The fourth-order valence-electron chi connectivity index (χ4n) is 13.1. The molecule has 2 aromatic heterocycles. The molecule has 4 heteroatoms. The van der Waals surface area contributed by atoms with Crippen molar-refractivity contribution in [2.24, 2.45) is 0 Å². The molecule has 14 rings (SSSR count). The van der Waals surface area contributed by atoms with Crippen molar-refractivity contribution in [1.82, 2.24) is 0 Å². The van der Waals surface area contributed by atoms with Gasteiger partial charge in [-0.05, 0) is 139 Å². The Morgan fingerprint density at radius 2 is 0.663 bits per heavy atom. The molecule has 0 aliphatic heterocycles. The van der Waals surface area contributed by atoms with Gasteiger partial charge in [0.15, 0.2) is 5.58 Å². The normalized spacial score (nSPS) is 13.2. The second-order valence-corrected chi connectivity index (χ2v) is 25.7. The van der Waals surface area contributed by atoms with Crippen molar-refractivity contribution in [3.8, 4) is 22.3 Å². The first kappa shape index (κ1) is 51.7. The minimum absolute atomic E-state index is 0.0332. The zero-order valence-electron chi connectivity index (χ0n) is 48.9. The second-order valence-electron chi connectivity index (χ2n) is 25.7. The molecule has 1 aliphatic rings. The quantitative estimate of drug-likeness (QED) is 0.144. The Hall–Kier alpha value is -9.38. The molecule has 406 valence electrons. The highest BCUT2D eigenvalue weighted by Crippen LogP contribution is 2.64. The van der Waals surface area contributed by atoms with Crippen molar-refractivity contribution in [3.63, 3.8) is 0 Å². The van der Waals surface area contributed by atoms with Crippen LogP contribution in [0.3, 0.4) is 0 Å². The predicted octanol–water partition coefficient (Wildman–Crippen LogP) is 22.3. The molecule has 0 unspecified atom stereocenters. The first-order chi connectivity index (χ1) is 40.1. The highest BCUT2D eigenvalue weighted by molar-refractivity contribution is 6.26. The summed E-state index contributed by atoms with van der Waals surface area (Å²) in [5.41, 5.74) is 21.3. The van der Waals surface area contributed by atoms with Gasteiger partial charge in [0.05, 0.1) is 22.2 Å². The van der Waals surface area contributed by atoms with Crippen molar-refractivity contribution in [3.05, 3.63) is 288 Å². The molecule has 1 aliphatic carbocycles. The average molecular weight is 1080 g/mol. The van der Waals surface area contributed by atoms with E-state index in [4.69, 9.17) is 8.83 Å². The van der Waals surface area contributed by atoms with Crippen LogP contribution in [-0.4, -0.2) is 0 Å². The number of hydrogen-bond acceptors (Lipinski definition) is 4. The SMILES string of the molecule is CC(C)(C)c1ccc(N(c2ccc(-c3ccccc3)cc2)c2cc3c(c4c2oc2ccccc24)-c2c(cc(N(c4ccc(C(C)(C)C)cc4)c4ccc(C(C)(C)C)cc4)c4c2oc2ccccc24)C3(c2ccccc2)c2ccccc2)cc1. The topological polar surface area (TPSA) is 32.8 Å². The molecule has 0 fully saturated rings. The zero-order valence-corrected chi connectivity index (χ0v) is 48.9. The fraction of sp³-hybridized carbons (Fsp3) is 0.165. The van der Waals surface area contributed by atoms with Crippen LogP contribution >= 0.6 is 0 Å². The number of rotatable bonds is 9. The Balaban J connectivity index is 1.15. The molecule has 2 heterocycles. The summed E-state index contributed by atoms with van der Waals surface area (Å²) < 4.78 is 15.0. The maximum Gasteiger partial charge on any atom is 0.160 e. The molecule has 0 amide bonds. The fourth-order valence-corrected chi connectivity index (χ4v) is 13.1. The average Bonchev–Trinajstić information content (AvgIpc) is 1.55. The third-order valence-corrected chi connectivity index (χ3v) is 17.4. The van der Waals surface area contributed by atoms with Crippen molar-refractivity contribution in [1.29, 1.82) is 0 Å². The van der Waals surface area contributed by atoms with E-state index in [1.807, 2.05) is 0 Å². The lowest BCUT2D eigenvalue weighted by Crippen LogP contribution is -2.29. The van der Waals surface area contributed by atoms with Crippen LogP contribution < -0.4 is 9.80 Å². The molecule has 0 radical (unpaired) electrons. The standard InChI is InChI=1S/C79H68N2O2/c1-76(2,3)53-35-43-59(44-36-53)80(60-45-37-54(38-46-60)77(4,5)6)66-49-65-73(75-70(66)62-29-19-21-31-68(62)83-75)72-64(79(65,56-25-15-11-16-26-56)57-27-17-12-18-28-57)50-67(74-71(72)63-30-20-22-32-69(63)82-74)81(61-47-39-55(40-48-61)78(7,8)9)58-41-33-52(34-42-58)51-23-13-10-14-24-51/h10-50H,1-9H3. The number of benzene rings is 11. The van der Waals surface area contributed by atoms with Gasteiger partial charge in [-0.2, -0.15) is 0 Å². The smallest absolute Gasteiger partial charge is 0.160 e. The number of furan rings is 2. The minimum Gasteiger partial charge on any atom is -0.455 e. The van der Waals surface area contributed by atoms with E-state index < -0.39 is 5.41 Å². The Bertz CT molecular complexity index is 4450. The molecular weight excluding hydrogens is 1010 g/mol. The Morgan fingerprint density at radius 3 is 1.12 bits per heavy atom. The summed E-state index contributed by atoms with van der Waals surface area (Å²) in [7, 11) is 0. The zero-order chi connectivity index (χ0) is 57.0. The molecular formula is C79H68N2O2. The Morgan fingerprint density at radius 1 is 0.313 bits per heavy atom. The maximum atomic E-state index is 7.58. The van der Waals surface area contributed by atoms with Crippen LogP contribution in [-0.2, 0) is 21.7 Å². The number of para-hydroxylation sites is 2. The van der Waals surface area contributed by atoms with Gasteiger partial charge in [0.1, 0.15) is 16.7 Å². The third kappa shape index (κ3) is 8.48. The number of nitrogens with zero attached hydrogens (tertiary/aromatic N) is 2. The van der Waals surface area contributed by atoms with E-state index in [1.54, 1.807) is 0 Å². The van der Waals surface area contributed by atoms with Gasteiger partial charge < -0.3 is 18.6 Å². The van der Waals surface area contributed by atoms with Crippen molar-refractivity contribution in [2.45, 2.75) is 84.0 Å². The summed E-state index contributed by atoms with van der Waals surface area (Å²) in [4.78, 5) is 4.89. The van der Waals surface area contributed by atoms with Gasteiger partial charge in [0.2, 0.25) is 0 Å². The van der Waals surface area contributed by atoms with Gasteiger partial charge in [0.25, 0.3) is 0 Å². The largest absolute Gasteiger partial charge is 0.455 e. The molecule has 0 bridgehead atoms. The summed E-state index contributed by atoms with van der Waals surface area (Å²) >= 11 is 0. The summed E-state index contributed by atoms with van der Waals surface area (Å²) in [6, 6.07) is 91.8. The third-order valence-electron chi connectivity index (χ3n) is 17.4. The number of hydrogen-bond donors (Lipinski definition) is 0. The maximum absolute atomic E-state index is 7.58. The second kappa shape index (κ2) is 19.4. The summed E-state index contributed by atoms with van der Waals surface area (Å²) in [5, 5.41) is 4.18. The molecule has 13 aromatic rings. The molecule has 11 aromatic carbocycles. The van der Waals surface area contributed by atoms with Crippen molar-refractivity contribution >= 4 is 78.0 Å². The van der Waals surface area contributed by atoms with Gasteiger partial charge in [-0.25, -0.2) is 0 Å². The lowest BCUT2D eigenvalue weighted by Gasteiger charge is -2.36. The van der Waals surface area contributed by atoms with Crippen LogP contribution in [0.4, 0.5) is 34.1 Å². The van der Waals surface area contributed by atoms with Gasteiger partial charge >= 0.3 is 0 Å². The van der Waals surface area contributed by atoms with E-state index in [9.17, 15) is 0 Å². The Kier molecular flexibility index (Phi) is 12.1. The van der Waals surface area contributed by atoms with Crippen molar-refractivity contribution in [2.75, 3.05) is 9.80 Å². The highest BCUT2D eigenvalue weighted by Gasteiger charge is 2.50. The van der Waals surface area contributed by atoms with Gasteiger partial charge in [-0.1, -0.05) is 238 Å². The number of anilines is 6.